The molecule has 1 heterocycles. The van der Waals surface area contributed by atoms with E-state index < -0.39 is 4.92 Å². The summed E-state index contributed by atoms with van der Waals surface area (Å²) in [5.41, 5.74) is 0.341. The van der Waals surface area contributed by atoms with Crippen molar-refractivity contribution in [3.63, 3.8) is 0 Å². The van der Waals surface area contributed by atoms with E-state index in [0.717, 1.165) is 5.82 Å². The fourth-order valence-corrected chi connectivity index (χ4v) is 1.82. The first-order chi connectivity index (χ1) is 9.61. The summed E-state index contributed by atoms with van der Waals surface area (Å²) >= 11 is 0. The molecule has 20 heavy (non-hydrogen) atoms. The summed E-state index contributed by atoms with van der Waals surface area (Å²) in [6, 6.07) is 4.42. The van der Waals surface area contributed by atoms with E-state index in [2.05, 4.69) is 4.98 Å². The Morgan fingerprint density at radius 1 is 1.50 bits per heavy atom. The van der Waals surface area contributed by atoms with E-state index in [0.29, 0.717) is 18.7 Å². The Labute approximate surface area is 115 Å². The molecule has 1 aromatic heterocycles. The number of nitro groups is 1. The molecule has 7 heteroatoms. The van der Waals surface area contributed by atoms with Crippen LogP contribution in [-0.4, -0.2) is 26.2 Å². The van der Waals surface area contributed by atoms with Gasteiger partial charge in [0.15, 0.2) is 5.75 Å². The second-order valence-electron chi connectivity index (χ2n) is 4.23. The van der Waals surface area contributed by atoms with Crippen LogP contribution in [0.4, 0.5) is 5.69 Å². The fraction of sp³-hybridized carbons (Fsp3) is 0.308. The average Bonchev–Trinajstić information content (AvgIpc) is 2.84. The zero-order valence-corrected chi connectivity index (χ0v) is 11.0. The SMILES string of the molecule is Cc1nccn1CCOc1ccc(CO)cc1[N+](=O)[O-]. The predicted octanol–water partition coefficient (Wildman–Crippen LogP) is 1.67. The lowest BCUT2D eigenvalue weighted by atomic mass is 10.2. The lowest BCUT2D eigenvalue weighted by Gasteiger charge is -2.09. The number of nitro benzene ring substituents is 1. The van der Waals surface area contributed by atoms with Crippen molar-refractivity contribution in [2.75, 3.05) is 6.61 Å². The molecule has 106 valence electrons. The molecule has 0 unspecified atom stereocenters. The number of aliphatic hydroxyl groups excluding tert-OH is 1. The number of aryl methyl sites for hydroxylation is 1. The lowest BCUT2D eigenvalue weighted by Crippen LogP contribution is -2.09. The van der Waals surface area contributed by atoms with Crippen LogP contribution < -0.4 is 4.74 Å². The third-order valence-electron chi connectivity index (χ3n) is 2.92. The maximum Gasteiger partial charge on any atom is 0.311 e. The van der Waals surface area contributed by atoms with E-state index in [9.17, 15) is 10.1 Å². The van der Waals surface area contributed by atoms with Crippen LogP contribution in [-0.2, 0) is 13.2 Å². The molecule has 0 aliphatic carbocycles. The van der Waals surface area contributed by atoms with Gasteiger partial charge in [0.1, 0.15) is 12.4 Å². The number of hydrogen-bond acceptors (Lipinski definition) is 5. The van der Waals surface area contributed by atoms with Gasteiger partial charge in [-0.2, -0.15) is 0 Å². The van der Waals surface area contributed by atoms with Gasteiger partial charge in [0.05, 0.1) is 18.1 Å². The minimum Gasteiger partial charge on any atom is -0.485 e. The van der Waals surface area contributed by atoms with Crippen molar-refractivity contribution in [2.45, 2.75) is 20.1 Å². The van der Waals surface area contributed by atoms with Gasteiger partial charge in [-0.05, 0) is 18.6 Å². The molecule has 0 fully saturated rings. The molecule has 2 aromatic rings. The summed E-state index contributed by atoms with van der Waals surface area (Å²) < 4.78 is 7.35. The van der Waals surface area contributed by atoms with Gasteiger partial charge in [0, 0.05) is 18.5 Å². The smallest absolute Gasteiger partial charge is 0.311 e. The molecule has 1 aromatic carbocycles. The maximum absolute atomic E-state index is 11.0. The van der Waals surface area contributed by atoms with Gasteiger partial charge < -0.3 is 14.4 Å². The highest BCUT2D eigenvalue weighted by molar-refractivity contribution is 5.48. The number of rotatable bonds is 6. The van der Waals surface area contributed by atoms with E-state index in [1.165, 1.54) is 12.1 Å². The van der Waals surface area contributed by atoms with Crippen molar-refractivity contribution in [1.29, 1.82) is 0 Å². The third kappa shape index (κ3) is 3.12. The van der Waals surface area contributed by atoms with E-state index in [-0.39, 0.29) is 18.0 Å². The Morgan fingerprint density at radius 2 is 2.30 bits per heavy atom. The molecule has 0 spiro atoms. The van der Waals surface area contributed by atoms with Crippen molar-refractivity contribution in [3.05, 3.63) is 52.1 Å². The Balaban J connectivity index is 2.05. The van der Waals surface area contributed by atoms with Crippen molar-refractivity contribution < 1.29 is 14.8 Å². The van der Waals surface area contributed by atoms with E-state index in [1.807, 2.05) is 17.7 Å². The highest BCUT2D eigenvalue weighted by Crippen LogP contribution is 2.28. The molecule has 0 bridgehead atoms. The first-order valence-corrected chi connectivity index (χ1v) is 6.10. The van der Waals surface area contributed by atoms with Crippen LogP contribution in [0.25, 0.3) is 0 Å². The normalized spacial score (nSPS) is 10.5. The topological polar surface area (TPSA) is 90.4 Å². The molecule has 0 aliphatic heterocycles. The number of aliphatic hydroxyl groups is 1. The van der Waals surface area contributed by atoms with Crippen LogP contribution >= 0.6 is 0 Å². The van der Waals surface area contributed by atoms with Gasteiger partial charge in [-0.25, -0.2) is 4.98 Å². The molecule has 0 radical (unpaired) electrons. The summed E-state index contributed by atoms with van der Waals surface area (Å²) in [5, 5.41) is 20.0. The van der Waals surface area contributed by atoms with Crippen molar-refractivity contribution >= 4 is 5.69 Å². The largest absolute Gasteiger partial charge is 0.485 e. The van der Waals surface area contributed by atoms with Gasteiger partial charge in [0.25, 0.3) is 0 Å². The third-order valence-corrected chi connectivity index (χ3v) is 2.92. The maximum atomic E-state index is 11.0. The van der Waals surface area contributed by atoms with Crippen LogP contribution in [0.15, 0.2) is 30.6 Å². The number of benzene rings is 1. The number of nitrogens with zero attached hydrogens (tertiary/aromatic N) is 3. The van der Waals surface area contributed by atoms with Crippen LogP contribution in [0.2, 0.25) is 0 Å². The summed E-state index contributed by atoms with van der Waals surface area (Å²) in [4.78, 5) is 14.5. The molecule has 0 atom stereocenters. The van der Waals surface area contributed by atoms with Crippen LogP contribution in [0.5, 0.6) is 5.75 Å². The predicted molar refractivity (Wildman–Crippen MR) is 71.5 cm³/mol. The van der Waals surface area contributed by atoms with E-state index in [1.54, 1.807) is 12.3 Å². The molecule has 0 aliphatic rings. The Bertz CT molecular complexity index is 609. The summed E-state index contributed by atoms with van der Waals surface area (Å²) in [7, 11) is 0. The van der Waals surface area contributed by atoms with E-state index >= 15 is 0 Å². The van der Waals surface area contributed by atoms with Gasteiger partial charge in [-0.3, -0.25) is 10.1 Å². The summed E-state index contributed by atoms with van der Waals surface area (Å²) in [5.74, 6) is 1.06. The van der Waals surface area contributed by atoms with Gasteiger partial charge in [-0.1, -0.05) is 6.07 Å². The molecule has 7 nitrogen and oxygen atoms in total. The Kier molecular flexibility index (Phi) is 4.31. The van der Waals surface area contributed by atoms with Gasteiger partial charge in [0.2, 0.25) is 0 Å². The molecule has 2 rings (SSSR count). The Morgan fingerprint density at radius 3 is 2.90 bits per heavy atom. The first-order valence-electron chi connectivity index (χ1n) is 6.10. The monoisotopic (exact) mass is 277 g/mol. The number of imidazole rings is 1. The molecule has 0 saturated carbocycles. The molecule has 1 N–H and O–H groups in total. The molecular formula is C13H15N3O4. The minimum absolute atomic E-state index is 0.140. The lowest BCUT2D eigenvalue weighted by molar-refractivity contribution is -0.386. The second-order valence-corrected chi connectivity index (χ2v) is 4.23. The van der Waals surface area contributed by atoms with E-state index in [4.69, 9.17) is 9.84 Å². The van der Waals surface area contributed by atoms with Gasteiger partial charge >= 0.3 is 5.69 Å². The first kappa shape index (κ1) is 14.0. The highest BCUT2D eigenvalue weighted by Gasteiger charge is 2.15. The number of aromatic nitrogens is 2. The quantitative estimate of drug-likeness (QED) is 0.640. The average molecular weight is 277 g/mol. The number of hydrogen-bond donors (Lipinski definition) is 1. The molecular weight excluding hydrogens is 262 g/mol. The summed E-state index contributed by atoms with van der Waals surface area (Å²) in [6.45, 7) is 2.50. The standard InChI is InChI=1S/C13H15N3O4/c1-10-14-4-5-15(10)6-7-20-13-3-2-11(9-17)8-12(13)16(18)19/h2-5,8,17H,6-7,9H2,1H3. The van der Waals surface area contributed by atoms with Crippen LogP contribution in [0, 0.1) is 17.0 Å². The van der Waals surface area contributed by atoms with Crippen LogP contribution in [0.1, 0.15) is 11.4 Å². The van der Waals surface area contributed by atoms with Crippen LogP contribution in [0.3, 0.4) is 0 Å². The van der Waals surface area contributed by atoms with Crippen molar-refractivity contribution in [2.24, 2.45) is 0 Å². The summed E-state index contributed by atoms with van der Waals surface area (Å²) in [6.07, 6.45) is 3.51. The molecule has 0 amide bonds. The zero-order valence-electron chi connectivity index (χ0n) is 11.0. The van der Waals surface area contributed by atoms with Gasteiger partial charge in [-0.15, -0.1) is 0 Å². The highest BCUT2D eigenvalue weighted by atomic mass is 16.6. The Hall–Kier alpha value is -2.41. The van der Waals surface area contributed by atoms with Crippen molar-refractivity contribution in [1.82, 2.24) is 9.55 Å². The second kappa shape index (κ2) is 6.16. The minimum atomic E-state index is -0.517. The zero-order chi connectivity index (χ0) is 14.5. The number of ether oxygens (including phenoxy) is 1. The fourth-order valence-electron chi connectivity index (χ4n) is 1.82. The molecule has 0 saturated heterocycles. The van der Waals surface area contributed by atoms with Crippen molar-refractivity contribution in [3.8, 4) is 5.75 Å².